The van der Waals surface area contributed by atoms with Crippen molar-refractivity contribution in [1.82, 2.24) is 15.2 Å². The van der Waals surface area contributed by atoms with Gasteiger partial charge in [-0.15, -0.1) is 11.3 Å². The van der Waals surface area contributed by atoms with Crippen molar-refractivity contribution in [1.29, 1.82) is 0 Å². The van der Waals surface area contributed by atoms with Crippen LogP contribution in [0.2, 0.25) is 0 Å². The molecule has 0 aliphatic carbocycles. The molecular weight excluding hydrogens is 286 g/mol. The highest BCUT2D eigenvalue weighted by Gasteiger charge is 2.19. The first-order chi connectivity index (χ1) is 9.13. The lowest BCUT2D eigenvalue weighted by atomic mass is 10.4. The van der Waals surface area contributed by atoms with Gasteiger partial charge in [-0.25, -0.2) is 13.1 Å². The summed E-state index contributed by atoms with van der Waals surface area (Å²) in [6.45, 7) is 3.44. The van der Waals surface area contributed by atoms with Crippen molar-refractivity contribution < 1.29 is 12.9 Å². The lowest BCUT2D eigenvalue weighted by Crippen LogP contribution is -2.24. The summed E-state index contributed by atoms with van der Waals surface area (Å²) in [6, 6.07) is 3.23. The number of nitrogens with zero attached hydrogens (tertiary/aromatic N) is 1. The van der Waals surface area contributed by atoms with Crippen molar-refractivity contribution in [2.75, 3.05) is 6.54 Å². The van der Waals surface area contributed by atoms with Crippen LogP contribution in [0.4, 0.5) is 0 Å². The average molecular weight is 301 g/mol. The average Bonchev–Trinajstić information content (AvgIpc) is 3.05. The minimum Gasteiger partial charge on any atom is -0.364 e. The maximum atomic E-state index is 12.2. The van der Waals surface area contributed by atoms with Gasteiger partial charge in [0.25, 0.3) is 0 Å². The SMILES string of the molecule is CCNCc1sccc1S(=O)(=O)NCc1ccon1. The second kappa shape index (κ2) is 6.29. The van der Waals surface area contributed by atoms with Gasteiger partial charge in [0.05, 0.1) is 17.1 Å². The van der Waals surface area contributed by atoms with Crippen LogP contribution >= 0.6 is 11.3 Å². The highest BCUT2D eigenvalue weighted by Crippen LogP contribution is 2.21. The topological polar surface area (TPSA) is 84.2 Å². The molecule has 2 N–H and O–H groups in total. The van der Waals surface area contributed by atoms with Crippen LogP contribution in [-0.2, 0) is 23.1 Å². The van der Waals surface area contributed by atoms with Crippen LogP contribution in [-0.4, -0.2) is 20.1 Å². The Hall–Kier alpha value is -1.22. The Balaban J connectivity index is 2.08. The third-order valence-corrected chi connectivity index (χ3v) is 5.00. The van der Waals surface area contributed by atoms with E-state index in [0.29, 0.717) is 17.1 Å². The standard InChI is InChI=1S/C11H15N3O3S2/c1-2-12-8-10-11(4-6-18-10)19(15,16)13-7-9-3-5-17-14-9/h3-6,12-13H,2,7-8H2,1H3. The number of rotatable bonds is 7. The zero-order chi connectivity index (χ0) is 13.7. The summed E-state index contributed by atoms with van der Waals surface area (Å²) < 4.78 is 31.5. The van der Waals surface area contributed by atoms with Crippen LogP contribution < -0.4 is 10.0 Å². The molecule has 0 fully saturated rings. The largest absolute Gasteiger partial charge is 0.364 e. The summed E-state index contributed by atoms with van der Waals surface area (Å²) >= 11 is 1.42. The zero-order valence-electron chi connectivity index (χ0n) is 10.4. The molecule has 8 heteroatoms. The first-order valence-electron chi connectivity index (χ1n) is 5.79. The van der Waals surface area contributed by atoms with Crippen LogP contribution in [0.5, 0.6) is 0 Å². The monoisotopic (exact) mass is 301 g/mol. The number of thiophene rings is 1. The molecule has 0 aromatic carbocycles. The molecule has 2 heterocycles. The third-order valence-electron chi connectivity index (χ3n) is 2.46. The Morgan fingerprint density at radius 1 is 1.37 bits per heavy atom. The molecule has 2 aromatic rings. The molecule has 0 spiro atoms. The van der Waals surface area contributed by atoms with E-state index in [1.807, 2.05) is 6.92 Å². The summed E-state index contributed by atoms with van der Waals surface area (Å²) in [7, 11) is -3.52. The molecule has 6 nitrogen and oxygen atoms in total. The molecule has 0 saturated heterocycles. The van der Waals surface area contributed by atoms with Crippen LogP contribution in [0.15, 0.2) is 33.2 Å². The normalized spacial score (nSPS) is 11.8. The van der Waals surface area contributed by atoms with Gasteiger partial charge in [-0.05, 0) is 18.0 Å². The van der Waals surface area contributed by atoms with Gasteiger partial charge in [0.2, 0.25) is 10.0 Å². The lowest BCUT2D eigenvalue weighted by molar-refractivity contribution is 0.411. The predicted octanol–water partition coefficient (Wildman–Crippen LogP) is 1.32. The van der Waals surface area contributed by atoms with Crippen LogP contribution in [0, 0.1) is 0 Å². The van der Waals surface area contributed by atoms with Crippen molar-refractivity contribution in [3.63, 3.8) is 0 Å². The molecule has 0 saturated carbocycles. The highest BCUT2D eigenvalue weighted by molar-refractivity contribution is 7.89. The first kappa shape index (κ1) is 14.2. The molecule has 0 amide bonds. The third kappa shape index (κ3) is 3.63. The Bertz CT molecular complexity index is 605. The van der Waals surface area contributed by atoms with Gasteiger partial charge in [0, 0.05) is 17.5 Å². The summed E-state index contributed by atoms with van der Waals surface area (Å²) in [4.78, 5) is 1.12. The molecule has 0 radical (unpaired) electrons. The molecule has 0 bridgehead atoms. The number of hydrogen-bond acceptors (Lipinski definition) is 6. The van der Waals surface area contributed by atoms with Gasteiger partial charge in [-0.3, -0.25) is 0 Å². The summed E-state index contributed by atoms with van der Waals surface area (Å²) in [5.41, 5.74) is 0.548. The van der Waals surface area contributed by atoms with Gasteiger partial charge < -0.3 is 9.84 Å². The minimum absolute atomic E-state index is 0.120. The van der Waals surface area contributed by atoms with E-state index in [0.717, 1.165) is 11.4 Å². The maximum Gasteiger partial charge on any atom is 0.242 e. The van der Waals surface area contributed by atoms with Gasteiger partial charge in [0.1, 0.15) is 6.26 Å². The van der Waals surface area contributed by atoms with E-state index in [4.69, 9.17) is 0 Å². The zero-order valence-corrected chi connectivity index (χ0v) is 12.1. The first-order valence-corrected chi connectivity index (χ1v) is 8.15. The number of aromatic nitrogens is 1. The fraction of sp³-hybridized carbons (Fsp3) is 0.364. The molecular formula is C11H15N3O3S2. The second-order valence-electron chi connectivity index (χ2n) is 3.80. The number of hydrogen-bond donors (Lipinski definition) is 2. The fourth-order valence-electron chi connectivity index (χ4n) is 1.51. The van der Waals surface area contributed by atoms with E-state index >= 15 is 0 Å². The van der Waals surface area contributed by atoms with Crippen molar-refractivity contribution in [2.24, 2.45) is 0 Å². The Morgan fingerprint density at radius 3 is 2.89 bits per heavy atom. The summed E-state index contributed by atoms with van der Waals surface area (Å²) in [6.07, 6.45) is 1.41. The van der Waals surface area contributed by atoms with Crippen LogP contribution in [0.25, 0.3) is 0 Å². The fourth-order valence-corrected chi connectivity index (χ4v) is 3.92. The Kier molecular flexibility index (Phi) is 4.70. The van der Waals surface area contributed by atoms with E-state index < -0.39 is 10.0 Å². The minimum atomic E-state index is -3.52. The quantitative estimate of drug-likeness (QED) is 0.806. The van der Waals surface area contributed by atoms with Crippen molar-refractivity contribution in [3.05, 3.63) is 34.3 Å². The molecule has 2 aromatic heterocycles. The molecule has 19 heavy (non-hydrogen) atoms. The van der Waals surface area contributed by atoms with Gasteiger partial charge in [-0.1, -0.05) is 12.1 Å². The number of nitrogens with one attached hydrogen (secondary N) is 2. The van der Waals surface area contributed by atoms with E-state index in [1.54, 1.807) is 17.5 Å². The van der Waals surface area contributed by atoms with E-state index in [-0.39, 0.29) is 6.54 Å². The second-order valence-corrected chi connectivity index (χ2v) is 6.54. The lowest BCUT2D eigenvalue weighted by Gasteiger charge is -2.06. The molecule has 0 aliphatic heterocycles. The maximum absolute atomic E-state index is 12.2. The molecule has 2 rings (SSSR count). The predicted molar refractivity (Wildman–Crippen MR) is 72.2 cm³/mol. The molecule has 0 atom stereocenters. The van der Waals surface area contributed by atoms with Crippen molar-refractivity contribution in [3.8, 4) is 0 Å². The highest BCUT2D eigenvalue weighted by atomic mass is 32.2. The Morgan fingerprint density at radius 2 is 2.21 bits per heavy atom. The van der Waals surface area contributed by atoms with Gasteiger partial charge >= 0.3 is 0 Å². The molecule has 0 unspecified atom stereocenters. The summed E-state index contributed by atoms with van der Waals surface area (Å²) in [5, 5.41) is 8.56. The molecule has 0 aliphatic rings. The Labute approximate surface area is 115 Å². The van der Waals surface area contributed by atoms with E-state index in [2.05, 4.69) is 19.7 Å². The van der Waals surface area contributed by atoms with Gasteiger partial charge in [0.15, 0.2) is 0 Å². The van der Waals surface area contributed by atoms with Crippen LogP contribution in [0.1, 0.15) is 17.5 Å². The van der Waals surface area contributed by atoms with E-state index in [9.17, 15) is 8.42 Å². The van der Waals surface area contributed by atoms with Crippen molar-refractivity contribution in [2.45, 2.75) is 24.9 Å². The van der Waals surface area contributed by atoms with E-state index in [1.165, 1.54) is 17.6 Å². The smallest absolute Gasteiger partial charge is 0.242 e. The van der Waals surface area contributed by atoms with Crippen LogP contribution in [0.3, 0.4) is 0 Å². The summed E-state index contributed by atoms with van der Waals surface area (Å²) in [5.74, 6) is 0. The van der Waals surface area contributed by atoms with Gasteiger partial charge in [-0.2, -0.15) is 0 Å². The van der Waals surface area contributed by atoms with Crippen molar-refractivity contribution >= 4 is 21.4 Å². The number of sulfonamides is 1. The molecule has 104 valence electrons.